The summed E-state index contributed by atoms with van der Waals surface area (Å²) in [6.45, 7) is 2.32. The lowest BCUT2D eigenvalue weighted by atomic mass is 9.80. The largest absolute Gasteiger partial charge is 0.508 e. The summed E-state index contributed by atoms with van der Waals surface area (Å²) in [6, 6.07) is 8.56. The van der Waals surface area contributed by atoms with Crippen LogP contribution in [0.1, 0.15) is 48.6 Å². The molecule has 0 amide bonds. The lowest BCUT2D eigenvalue weighted by molar-refractivity contribution is -0.402. The van der Waals surface area contributed by atoms with Crippen molar-refractivity contribution in [2.75, 3.05) is 0 Å². The van der Waals surface area contributed by atoms with Gasteiger partial charge in [0.25, 0.3) is 0 Å². The third-order valence-electron chi connectivity index (χ3n) is 5.68. The number of nitro groups is 1. The smallest absolute Gasteiger partial charge is 0.433 e. The van der Waals surface area contributed by atoms with Gasteiger partial charge in [0.2, 0.25) is 0 Å². The minimum absolute atomic E-state index is 0.0273. The monoisotopic (exact) mass is 369 g/mol. The highest BCUT2D eigenvalue weighted by Crippen LogP contribution is 2.54. The average Bonchev–Trinajstić information content (AvgIpc) is 3.22. The van der Waals surface area contributed by atoms with Gasteiger partial charge in [0.05, 0.1) is 24.2 Å². The van der Waals surface area contributed by atoms with Crippen molar-refractivity contribution in [2.24, 2.45) is 11.1 Å². The first-order chi connectivity index (χ1) is 13.0. The van der Waals surface area contributed by atoms with Gasteiger partial charge in [-0.1, -0.05) is 11.2 Å². The number of rotatable bonds is 4. The van der Waals surface area contributed by atoms with Crippen LogP contribution in [0, 0.1) is 16.0 Å². The van der Waals surface area contributed by atoms with E-state index in [-0.39, 0.29) is 29.8 Å². The Morgan fingerprint density at radius 1 is 1.30 bits per heavy atom. The summed E-state index contributed by atoms with van der Waals surface area (Å²) in [7, 11) is 0. The third kappa shape index (κ3) is 2.59. The molecule has 3 heterocycles. The van der Waals surface area contributed by atoms with Crippen molar-refractivity contribution >= 4 is 11.6 Å². The van der Waals surface area contributed by atoms with Crippen LogP contribution in [0.2, 0.25) is 0 Å². The van der Waals surface area contributed by atoms with Crippen LogP contribution in [0.5, 0.6) is 5.75 Å². The quantitative estimate of drug-likeness (QED) is 0.652. The van der Waals surface area contributed by atoms with Gasteiger partial charge in [-0.05, 0) is 55.0 Å². The van der Waals surface area contributed by atoms with Gasteiger partial charge in [0.1, 0.15) is 16.4 Å². The number of benzene rings is 1. The molecular formula is C19H19N3O5. The summed E-state index contributed by atoms with van der Waals surface area (Å²) in [5.41, 5.74) is 3.10. The molecule has 27 heavy (non-hydrogen) atoms. The van der Waals surface area contributed by atoms with Crippen LogP contribution in [0.15, 0.2) is 39.9 Å². The molecule has 1 aliphatic carbocycles. The molecule has 0 spiro atoms. The van der Waals surface area contributed by atoms with Gasteiger partial charge in [-0.25, -0.2) is 0 Å². The summed E-state index contributed by atoms with van der Waals surface area (Å²) in [5.74, 6) is 0.920. The normalized spacial score (nSPS) is 26.9. The van der Waals surface area contributed by atoms with Crippen LogP contribution in [0.25, 0.3) is 0 Å². The number of aromatic hydroxyl groups is 1. The number of fused-ring (bicyclic) bond motifs is 3. The Hall–Kier alpha value is -2.87. The molecule has 0 radical (unpaired) electrons. The molecule has 1 saturated carbocycles. The van der Waals surface area contributed by atoms with E-state index in [1.54, 1.807) is 12.1 Å². The average molecular weight is 369 g/mol. The van der Waals surface area contributed by atoms with E-state index in [1.807, 2.05) is 19.1 Å². The summed E-state index contributed by atoms with van der Waals surface area (Å²) < 4.78 is 5.40. The summed E-state index contributed by atoms with van der Waals surface area (Å²) in [6.07, 6.45) is 1.93. The van der Waals surface area contributed by atoms with Crippen LogP contribution >= 0.6 is 0 Å². The van der Waals surface area contributed by atoms with E-state index in [9.17, 15) is 15.2 Å². The zero-order chi connectivity index (χ0) is 18.7. The van der Waals surface area contributed by atoms with Crippen LogP contribution in [0.3, 0.4) is 0 Å². The molecule has 1 N–H and O–H groups in total. The fourth-order valence-corrected chi connectivity index (χ4v) is 4.38. The SMILES string of the molecule is CC1=NO[C@@H]2[C@H]1c1ccc(O)cc1[C@@H](C1CC1)N2Cc1ccc([N+](=O)[O-])o1. The molecule has 2 aliphatic heterocycles. The van der Waals surface area contributed by atoms with Crippen molar-refractivity contribution in [1.29, 1.82) is 0 Å². The van der Waals surface area contributed by atoms with Gasteiger partial charge in [-0.2, -0.15) is 0 Å². The first kappa shape index (κ1) is 16.3. The molecule has 3 aliphatic rings. The molecule has 8 heteroatoms. The predicted molar refractivity (Wildman–Crippen MR) is 95.2 cm³/mol. The summed E-state index contributed by atoms with van der Waals surface area (Å²) in [5, 5.41) is 25.2. The van der Waals surface area contributed by atoms with Crippen molar-refractivity contribution < 1.29 is 19.3 Å². The summed E-state index contributed by atoms with van der Waals surface area (Å²) in [4.78, 5) is 18.4. The maximum atomic E-state index is 10.9. The Morgan fingerprint density at radius 2 is 2.11 bits per heavy atom. The number of phenolic OH excluding ortho intramolecular Hbond substituents is 1. The minimum atomic E-state index is -0.534. The van der Waals surface area contributed by atoms with Gasteiger partial charge in [-0.3, -0.25) is 15.0 Å². The van der Waals surface area contributed by atoms with Crippen molar-refractivity contribution in [3.63, 3.8) is 0 Å². The van der Waals surface area contributed by atoms with E-state index in [0.717, 1.165) is 29.7 Å². The third-order valence-corrected chi connectivity index (χ3v) is 5.68. The van der Waals surface area contributed by atoms with E-state index < -0.39 is 4.92 Å². The van der Waals surface area contributed by atoms with E-state index in [2.05, 4.69) is 10.1 Å². The van der Waals surface area contributed by atoms with Crippen LogP contribution < -0.4 is 0 Å². The molecule has 2 aromatic rings. The highest BCUT2D eigenvalue weighted by molar-refractivity contribution is 5.90. The number of hydrogen-bond donors (Lipinski definition) is 1. The number of oxime groups is 1. The Labute approximate surface area is 155 Å². The lowest BCUT2D eigenvalue weighted by Gasteiger charge is -2.43. The first-order valence-electron chi connectivity index (χ1n) is 9.05. The Kier molecular flexibility index (Phi) is 3.51. The minimum Gasteiger partial charge on any atom is -0.508 e. The molecule has 1 fully saturated rings. The lowest BCUT2D eigenvalue weighted by Crippen LogP contribution is -2.46. The zero-order valence-electron chi connectivity index (χ0n) is 14.7. The molecule has 5 rings (SSSR count). The van der Waals surface area contributed by atoms with Gasteiger partial charge in [-0.15, -0.1) is 0 Å². The van der Waals surface area contributed by atoms with Gasteiger partial charge in [0, 0.05) is 6.04 Å². The molecule has 1 aromatic carbocycles. The molecule has 0 saturated heterocycles. The zero-order valence-corrected chi connectivity index (χ0v) is 14.7. The predicted octanol–water partition coefficient (Wildman–Crippen LogP) is 3.68. The van der Waals surface area contributed by atoms with E-state index in [1.165, 1.54) is 6.07 Å². The van der Waals surface area contributed by atoms with Crippen molar-refractivity contribution in [1.82, 2.24) is 4.90 Å². The number of nitrogens with zero attached hydrogens (tertiary/aromatic N) is 3. The molecule has 140 valence electrons. The van der Waals surface area contributed by atoms with E-state index in [0.29, 0.717) is 18.2 Å². The second kappa shape index (κ2) is 5.82. The van der Waals surface area contributed by atoms with Crippen LogP contribution in [-0.4, -0.2) is 26.9 Å². The second-order valence-electron chi connectivity index (χ2n) is 7.47. The standard InChI is InChI=1S/C19H19N3O5/c1-10-17-14-6-4-12(23)8-15(14)18(11-2-3-11)21(19(17)27-20-10)9-13-5-7-16(26-13)22(24)25/h4-8,11,17-19,23H,2-3,9H2,1H3/t17-,18-,19-/m1/s1. The Bertz CT molecular complexity index is 949. The molecular weight excluding hydrogens is 350 g/mol. The molecule has 0 bridgehead atoms. The van der Waals surface area contributed by atoms with Crippen molar-refractivity contribution in [3.8, 4) is 5.75 Å². The van der Waals surface area contributed by atoms with Crippen LogP contribution in [-0.2, 0) is 11.4 Å². The fourth-order valence-electron chi connectivity index (χ4n) is 4.38. The maximum Gasteiger partial charge on any atom is 0.433 e. The van der Waals surface area contributed by atoms with Gasteiger partial charge < -0.3 is 14.4 Å². The molecule has 0 unspecified atom stereocenters. The molecule has 3 atom stereocenters. The Balaban J connectivity index is 1.57. The maximum absolute atomic E-state index is 10.9. The van der Waals surface area contributed by atoms with Crippen LogP contribution in [0.4, 0.5) is 5.88 Å². The molecule has 1 aromatic heterocycles. The highest BCUT2D eigenvalue weighted by Gasteiger charge is 2.51. The summed E-state index contributed by atoms with van der Waals surface area (Å²) >= 11 is 0. The Morgan fingerprint density at radius 3 is 2.81 bits per heavy atom. The fraction of sp³-hybridized carbons (Fsp3) is 0.421. The topological polar surface area (TPSA) is 101 Å². The van der Waals surface area contributed by atoms with Crippen molar-refractivity contribution in [3.05, 3.63) is 57.3 Å². The van der Waals surface area contributed by atoms with Gasteiger partial charge >= 0.3 is 5.88 Å². The molecule has 8 nitrogen and oxygen atoms in total. The van der Waals surface area contributed by atoms with E-state index >= 15 is 0 Å². The van der Waals surface area contributed by atoms with E-state index in [4.69, 9.17) is 9.25 Å². The number of phenols is 1. The van der Waals surface area contributed by atoms with Gasteiger partial charge in [0.15, 0.2) is 6.23 Å². The first-order valence-corrected chi connectivity index (χ1v) is 9.05. The van der Waals surface area contributed by atoms with Crippen molar-refractivity contribution in [2.45, 2.75) is 44.5 Å². The highest BCUT2D eigenvalue weighted by atomic mass is 16.7. The second-order valence-corrected chi connectivity index (χ2v) is 7.47. The number of hydrogen-bond acceptors (Lipinski definition) is 7. The number of furan rings is 1.